The molecule has 0 saturated carbocycles. The van der Waals surface area contributed by atoms with E-state index in [0.29, 0.717) is 12.3 Å². The van der Waals surface area contributed by atoms with Gasteiger partial charge < -0.3 is 14.1 Å². The monoisotopic (exact) mass is 408 g/mol. The van der Waals surface area contributed by atoms with Gasteiger partial charge in [0.15, 0.2) is 0 Å². The minimum atomic E-state index is -0.663. The van der Waals surface area contributed by atoms with Crippen LogP contribution in [-0.4, -0.2) is 49.4 Å². The summed E-state index contributed by atoms with van der Waals surface area (Å²) in [6, 6.07) is 10.3. The summed E-state index contributed by atoms with van der Waals surface area (Å²) in [5.74, 6) is 0.167. The maximum Gasteiger partial charge on any atom is 0.327 e. The molecule has 134 valence electrons. The second-order valence-electron chi connectivity index (χ2n) is 5.72. The van der Waals surface area contributed by atoms with Crippen molar-refractivity contribution in [2.45, 2.75) is 12.6 Å². The van der Waals surface area contributed by atoms with Crippen LogP contribution < -0.4 is 0 Å². The lowest BCUT2D eigenvalue weighted by Crippen LogP contribution is -2.40. The normalized spacial score (nSPS) is 12.0. The van der Waals surface area contributed by atoms with E-state index < -0.39 is 12.0 Å². The van der Waals surface area contributed by atoms with E-state index in [-0.39, 0.29) is 12.5 Å². The number of hydrogen-bond donors (Lipinski definition) is 0. The number of furan rings is 1. The summed E-state index contributed by atoms with van der Waals surface area (Å²) in [4.78, 5) is 28.0. The third kappa shape index (κ3) is 5.17. The first-order valence-electron chi connectivity index (χ1n) is 7.72. The van der Waals surface area contributed by atoms with Crippen LogP contribution in [-0.2, 0) is 20.9 Å². The first-order chi connectivity index (χ1) is 11.9. The zero-order valence-electron chi connectivity index (χ0n) is 14.4. The van der Waals surface area contributed by atoms with Crippen molar-refractivity contribution in [3.63, 3.8) is 0 Å². The van der Waals surface area contributed by atoms with E-state index in [4.69, 9.17) is 9.15 Å². The molecule has 0 saturated heterocycles. The standard InChI is InChI=1S/C18H21BrN2O4/c1-20(11-15-8-5-9-25-15)16(22)12-21(2)17(18(23)24-3)13-6-4-7-14(19)10-13/h4-10,17H,11-12H2,1-3H3/t17-/m1/s1. The van der Waals surface area contributed by atoms with Crippen molar-refractivity contribution < 1.29 is 18.7 Å². The Morgan fingerprint density at radius 3 is 2.60 bits per heavy atom. The van der Waals surface area contributed by atoms with Gasteiger partial charge in [-0.25, -0.2) is 4.79 Å². The number of hydrogen-bond acceptors (Lipinski definition) is 5. The van der Waals surface area contributed by atoms with Gasteiger partial charge in [-0.1, -0.05) is 28.1 Å². The average Bonchev–Trinajstić information content (AvgIpc) is 3.07. The zero-order valence-corrected chi connectivity index (χ0v) is 16.0. The van der Waals surface area contributed by atoms with E-state index in [1.807, 2.05) is 30.3 Å². The predicted octanol–water partition coefficient (Wildman–Crippen LogP) is 2.85. The number of esters is 1. The molecule has 1 amide bonds. The lowest BCUT2D eigenvalue weighted by molar-refractivity contribution is -0.147. The van der Waals surface area contributed by atoms with Gasteiger partial charge in [0, 0.05) is 11.5 Å². The minimum absolute atomic E-state index is 0.0729. The molecule has 0 radical (unpaired) electrons. The maximum absolute atomic E-state index is 12.5. The van der Waals surface area contributed by atoms with Crippen molar-refractivity contribution in [2.75, 3.05) is 27.7 Å². The van der Waals surface area contributed by atoms with E-state index >= 15 is 0 Å². The molecule has 7 heteroatoms. The Hall–Kier alpha value is -2.12. The number of carbonyl (C=O) groups is 2. The SMILES string of the molecule is COC(=O)[C@@H](c1cccc(Br)c1)N(C)CC(=O)N(C)Cc1ccco1. The van der Waals surface area contributed by atoms with Gasteiger partial charge >= 0.3 is 5.97 Å². The third-order valence-electron chi connectivity index (χ3n) is 3.81. The van der Waals surface area contributed by atoms with Crippen LogP contribution in [0.1, 0.15) is 17.4 Å². The summed E-state index contributed by atoms with van der Waals surface area (Å²) in [5, 5.41) is 0. The molecule has 0 spiro atoms. The molecular formula is C18H21BrN2O4. The molecule has 1 aromatic heterocycles. The van der Waals surface area contributed by atoms with Crippen LogP contribution in [0, 0.1) is 0 Å². The van der Waals surface area contributed by atoms with Crippen molar-refractivity contribution in [3.05, 3.63) is 58.5 Å². The summed E-state index contributed by atoms with van der Waals surface area (Å²) in [7, 11) is 4.76. The summed E-state index contributed by atoms with van der Waals surface area (Å²) in [5.41, 5.74) is 0.755. The molecule has 1 atom stereocenters. The van der Waals surface area contributed by atoms with Gasteiger partial charge in [0.1, 0.15) is 11.8 Å². The lowest BCUT2D eigenvalue weighted by atomic mass is 10.1. The van der Waals surface area contributed by atoms with Gasteiger partial charge in [0.25, 0.3) is 0 Å². The molecule has 1 aromatic carbocycles. The molecule has 25 heavy (non-hydrogen) atoms. The first-order valence-corrected chi connectivity index (χ1v) is 8.51. The molecular weight excluding hydrogens is 388 g/mol. The number of benzene rings is 1. The van der Waals surface area contributed by atoms with E-state index in [1.54, 1.807) is 36.2 Å². The van der Waals surface area contributed by atoms with Gasteiger partial charge in [-0.05, 0) is 36.9 Å². The molecule has 2 aromatic rings. The summed E-state index contributed by atoms with van der Waals surface area (Å²) < 4.78 is 11.0. The van der Waals surface area contributed by atoms with Gasteiger partial charge in [-0.3, -0.25) is 9.69 Å². The van der Waals surface area contributed by atoms with Gasteiger partial charge in [0.05, 0.1) is 26.5 Å². The molecule has 2 rings (SSSR count). The lowest BCUT2D eigenvalue weighted by Gasteiger charge is -2.27. The van der Waals surface area contributed by atoms with Crippen molar-refractivity contribution >= 4 is 27.8 Å². The Morgan fingerprint density at radius 2 is 2.00 bits per heavy atom. The first kappa shape index (κ1) is 19.2. The van der Waals surface area contributed by atoms with Crippen molar-refractivity contribution in [2.24, 2.45) is 0 Å². The average molecular weight is 409 g/mol. The molecule has 0 fully saturated rings. The molecule has 0 aliphatic rings. The molecule has 0 unspecified atom stereocenters. The molecule has 1 heterocycles. The van der Waals surface area contributed by atoms with Crippen molar-refractivity contribution in [1.29, 1.82) is 0 Å². The van der Waals surface area contributed by atoms with Crippen molar-refractivity contribution in [3.8, 4) is 0 Å². The van der Waals surface area contributed by atoms with Crippen LogP contribution >= 0.6 is 15.9 Å². The third-order valence-corrected chi connectivity index (χ3v) is 4.31. The Morgan fingerprint density at radius 1 is 1.24 bits per heavy atom. The maximum atomic E-state index is 12.5. The molecule has 0 bridgehead atoms. The highest BCUT2D eigenvalue weighted by Crippen LogP contribution is 2.24. The molecule has 0 N–H and O–H groups in total. The fraction of sp³-hybridized carbons (Fsp3) is 0.333. The summed E-state index contributed by atoms with van der Waals surface area (Å²) in [6.45, 7) is 0.447. The van der Waals surface area contributed by atoms with Gasteiger partial charge in [0.2, 0.25) is 5.91 Å². The van der Waals surface area contributed by atoms with Crippen LogP contribution in [0.4, 0.5) is 0 Å². The van der Waals surface area contributed by atoms with Crippen molar-refractivity contribution in [1.82, 2.24) is 9.80 Å². The van der Waals surface area contributed by atoms with Gasteiger partial charge in [-0.2, -0.15) is 0 Å². The quantitative estimate of drug-likeness (QED) is 0.659. The van der Waals surface area contributed by atoms with E-state index in [2.05, 4.69) is 15.9 Å². The largest absolute Gasteiger partial charge is 0.468 e. The highest BCUT2D eigenvalue weighted by atomic mass is 79.9. The molecule has 6 nitrogen and oxygen atoms in total. The smallest absolute Gasteiger partial charge is 0.327 e. The van der Waals surface area contributed by atoms with Crippen LogP contribution in [0.15, 0.2) is 51.6 Å². The molecule has 0 aliphatic carbocycles. The zero-order chi connectivity index (χ0) is 18.4. The number of halogens is 1. The number of carbonyl (C=O) groups excluding carboxylic acids is 2. The number of nitrogens with zero attached hydrogens (tertiary/aromatic N) is 2. The highest BCUT2D eigenvalue weighted by Gasteiger charge is 2.28. The second kappa shape index (κ2) is 8.82. The number of ether oxygens (including phenoxy) is 1. The summed E-state index contributed by atoms with van der Waals surface area (Å²) in [6.07, 6.45) is 1.57. The Kier molecular flexibility index (Phi) is 6.78. The Balaban J connectivity index is 2.09. The van der Waals surface area contributed by atoms with Gasteiger partial charge in [-0.15, -0.1) is 0 Å². The van der Waals surface area contributed by atoms with E-state index in [1.165, 1.54) is 7.11 Å². The Labute approximate surface area is 155 Å². The number of amides is 1. The number of likely N-dealkylation sites (N-methyl/N-ethyl adjacent to an activating group) is 2. The topological polar surface area (TPSA) is 63.0 Å². The summed E-state index contributed by atoms with van der Waals surface area (Å²) >= 11 is 3.40. The predicted molar refractivity (Wildman–Crippen MR) is 96.7 cm³/mol. The van der Waals surface area contributed by atoms with E-state index in [9.17, 15) is 9.59 Å². The second-order valence-corrected chi connectivity index (χ2v) is 6.64. The van der Waals surface area contributed by atoms with Crippen LogP contribution in [0.5, 0.6) is 0 Å². The van der Waals surface area contributed by atoms with Crippen LogP contribution in [0.2, 0.25) is 0 Å². The highest BCUT2D eigenvalue weighted by molar-refractivity contribution is 9.10. The van der Waals surface area contributed by atoms with Crippen LogP contribution in [0.3, 0.4) is 0 Å². The Bertz CT molecular complexity index is 718. The molecule has 0 aliphatic heterocycles. The minimum Gasteiger partial charge on any atom is -0.468 e. The van der Waals surface area contributed by atoms with Crippen LogP contribution in [0.25, 0.3) is 0 Å². The van der Waals surface area contributed by atoms with E-state index in [0.717, 1.165) is 10.0 Å². The fourth-order valence-electron chi connectivity index (χ4n) is 2.51. The number of methoxy groups -OCH3 is 1. The fourth-order valence-corrected chi connectivity index (χ4v) is 2.93. The number of rotatable bonds is 7.